The van der Waals surface area contributed by atoms with Crippen LogP contribution < -0.4 is 5.32 Å². The molecule has 1 aliphatic heterocycles. The minimum absolute atomic E-state index is 0.0217. The quantitative estimate of drug-likeness (QED) is 0.330. The van der Waals surface area contributed by atoms with Crippen molar-refractivity contribution >= 4 is 44.5 Å². The van der Waals surface area contributed by atoms with Crippen molar-refractivity contribution in [3.8, 4) is 5.69 Å². The number of aromatic nitrogens is 2. The SMILES string of the molecule is O=C(NCc1ccc(Cl)cc1)[C@@H]1CCCN(Cc2nc3ccccc3n2-c2ccc(Br)cc2)C1. The summed E-state index contributed by atoms with van der Waals surface area (Å²) in [6.45, 7) is 2.91. The van der Waals surface area contributed by atoms with E-state index in [1.54, 1.807) is 0 Å². The van der Waals surface area contributed by atoms with Gasteiger partial charge in [-0.15, -0.1) is 0 Å². The van der Waals surface area contributed by atoms with Crippen LogP contribution in [0.3, 0.4) is 0 Å². The number of piperidine rings is 1. The van der Waals surface area contributed by atoms with Gasteiger partial charge in [0.25, 0.3) is 0 Å². The molecule has 0 bridgehead atoms. The summed E-state index contributed by atoms with van der Waals surface area (Å²) in [5.74, 6) is 1.08. The molecule has 1 N–H and O–H groups in total. The lowest BCUT2D eigenvalue weighted by atomic mass is 9.97. The molecule has 0 unspecified atom stereocenters. The van der Waals surface area contributed by atoms with E-state index < -0.39 is 0 Å². The summed E-state index contributed by atoms with van der Waals surface area (Å²) in [4.78, 5) is 20.2. The Bertz CT molecular complexity index is 1290. The van der Waals surface area contributed by atoms with Crippen molar-refractivity contribution in [2.45, 2.75) is 25.9 Å². The Kier molecular flexibility index (Phi) is 6.99. The van der Waals surface area contributed by atoms with E-state index in [4.69, 9.17) is 16.6 Å². The van der Waals surface area contributed by atoms with Crippen LogP contribution in [0, 0.1) is 5.92 Å². The highest BCUT2D eigenvalue weighted by Gasteiger charge is 2.27. The van der Waals surface area contributed by atoms with Crippen LogP contribution in [0.25, 0.3) is 16.7 Å². The first-order valence-electron chi connectivity index (χ1n) is 11.5. The van der Waals surface area contributed by atoms with Gasteiger partial charge in [-0.1, -0.05) is 51.8 Å². The lowest BCUT2D eigenvalue weighted by Crippen LogP contribution is -2.42. The lowest BCUT2D eigenvalue weighted by molar-refractivity contribution is -0.127. The van der Waals surface area contributed by atoms with Gasteiger partial charge >= 0.3 is 0 Å². The number of hydrogen-bond acceptors (Lipinski definition) is 3. The second kappa shape index (κ2) is 10.3. The molecule has 1 amide bonds. The van der Waals surface area contributed by atoms with Crippen LogP contribution in [0.1, 0.15) is 24.2 Å². The van der Waals surface area contributed by atoms with Crippen molar-refractivity contribution in [1.82, 2.24) is 19.8 Å². The number of halogens is 2. The summed E-state index contributed by atoms with van der Waals surface area (Å²) in [7, 11) is 0. The highest BCUT2D eigenvalue weighted by atomic mass is 79.9. The molecule has 0 aliphatic carbocycles. The molecule has 0 radical (unpaired) electrons. The Hall–Kier alpha value is -2.67. The summed E-state index contributed by atoms with van der Waals surface area (Å²) in [6, 6.07) is 24.1. The molecular formula is C27H26BrClN4O. The first-order valence-corrected chi connectivity index (χ1v) is 12.7. The van der Waals surface area contributed by atoms with Crippen molar-refractivity contribution in [1.29, 1.82) is 0 Å². The fourth-order valence-corrected chi connectivity index (χ4v) is 5.00. The summed E-state index contributed by atoms with van der Waals surface area (Å²) in [5.41, 5.74) is 4.21. The second-order valence-electron chi connectivity index (χ2n) is 8.75. The number of fused-ring (bicyclic) bond motifs is 1. The molecule has 1 aromatic heterocycles. The Balaban J connectivity index is 1.31. The van der Waals surface area contributed by atoms with E-state index in [1.165, 1.54) is 0 Å². The van der Waals surface area contributed by atoms with Crippen LogP contribution in [-0.4, -0.2) is 33.4 Å². The smallest absolute Gasteiger partial charge is 0.224 e. The van der Waals surface area contributed by atoms with E-state index >= 15 is 0 Å². The molecule has 174 valence electrons. The van der Waals surface area contributed by atoms with Crippen LogP contribution in [-0.2, 0) is 17.9 Å². The van der Waals surface area contributed by atoms with Gasteiger partial charge in [0, 0.05) is 28.3 Å². The largest absolute Gasteiger partial charge is 0.352 e. The summed E-state index contributed by atoms with van der Waals surface area (Å²) < 4.78 is 3.28. The zero-order valence-electron chi connectivity index (χ0n) is 18.8. The maximum atomic E-state index is 12.9. The Morgan fingerprint density at radius 1 is 1.06 bits per heavy atom. The van der Waals surface area contributed by atoms with E-state index in [0.717, 1.165) is 58.5 Å². The molecule has 3 aromatic carbocycles. The number of nitrogens with zero attached hydrogens (tertiary/aromatic N) is 3. The van der Waals surface area contributed by atoms with Crippen molar-refractivity contribution in [3.63, 3.8) is 0 Å². The monoisotopic (exact) mass is 536 g/mol. The first kappa shape index (κ1) is 23.1. The van der Waals surface area contributed by atoms with Gasteiger partial charge in [0.2, 0.25) is 5.91 Å². The van der Waals surface area contributed by atoms with Crippen LogP contribution in [0.5, 0.6) is 0 Å². The van der Waals surface area contributed by atoms with Gasteiger partial charge in [-0.2, -0.15) is 0 Å². The van der Waals surface area contributed by atoms with Gasteiger partial charge in [-0.05, 0) is 73.5 Å². The zero-order chi connectivity index (χ0) is 23.5. The number of likely N-dealkylation sites (tertiary alicyclic amines) is 1. The molecule has 7 heteroatoms. The fraction of sp³-hybridized carbons (Fsp3) is 0.259. The summed E-state index contributed by atoms with van der Waals surface area (Å²) >= 11 is 9.49. The molecule has 0 spiro atoms. The molecule has 5 nitrogen and oxygen atoms in total. The van der Waals surface area contributed by atoms with E-state index in [2.05, 4.69) is 67.1 Å². The van der Waals surface area contributed by atoms with Gasteiger partial charge in [0.15, 0.2) is 0 Å². The third kappa shape index (κ3) is 5.19. The van der Waals surface area contributed by atoms with Gasteiger partial charge in [0.1, 0.15) is 5.82 Å². The number of carbonyl (C=O) groups is 1. The molecule has 1 aliphatic rings. The number of benzene rings is 3. The second-order valence-corrected chi connectivity index (χ2v) is 10.1. The third-order valence-corrected chi connectivity index (χ3v) is 7.12. The number of amides is 1. The molecule has 1 atom stereocenters. The van der Waals surface area contributed by atoms with Crippen LogP contribution in [0.15, 0.2) is 77.3 Å². The van der Waals surface area contributed by atoms with Gasteiger partial charge in [-0.3, -0.25) is 14.3 Å². The van der Waals surface area contributed by atoms with Crippen LogP contribution in [0.2, 0.25) is 5.02 Å². The maximum Gasteiger partial charge on any atom is 0.224 e. The average Bonchev–Trinajstić information content (AvgIpc) is 3.22. The normalized spacial score (nSPS) is 16.6. The van der Waals surface area contributed by atoms with Crippen molar-refractivity contribution in [2.24, 2.45) is 5.92 Å². The number of para-hydroxylation sites is 2. The van der Waals surface area contributed by atoms with Crippen molar-refractivity contribution in [2.75, 3.05) is 13.1 Å². The molecule has 1 saturated heterocycles. The minimum Gasteiger partial charge on any atom is -0.352 e. The molecule has 34 heavy (non-hydrogen) atoms. The van der Waals surface area contributed by atoms with Gasteiger partial charge < -0.3 is 5.32 Å². The maximum absolute atomic E-state index is 12.9. The van der Waals surface area contributed by atoms with Gasteiger partial charge in [0.05, 0.1) is 23.5 Å². The van der Waals surface area contributed by atoms with Crippen LogP contribution >= 0.6 is 27.5 Å². The molecule has 4 aromatic rings. The summed E-state index contributed by atoms with van der Waals surface area (Å²) in [6.07, 6.45) is 1.91. The number of hydrogen-bond donors (Lipinski definition) is 1. The summed E-state index contributed by atoms with van der Waals surface area (Å²) in [5, 5.41) is 3.80. The van der Waals surface area contributed by atoms with Crippen LogP contribution in [0.4, 0.5) is 0 Å². The zero-order valence-corrected chi connectivity index (χ0v) is 21.1. The minimum atomic E-state index is -0.0217. The molecular weight excluding hydrogens is 512 g/mol. The highest BCUT2D eigenvalue weighted by molar-refractivity contribution is 9.10. The van der Waals surface area contributed by atoms with E-state index in [-0.39, 0.29) is 11.8 Å². The fourth-order valence-electron chi connectivity index (χ4n) is 4.61. The van der Waals surface area contributed by atoms with E-state index in [1.807, 2.05) is 36.4 Å². The standard InChI is InChI=1S/C27H26BrClN4O/c28-21-9-13-23(14-10-21)33-25-6-2-1-5-24(25)31-26(33)18-32-15-3-4-20(17-32)27(34)30-16-19-7-11-22(29)12-8-19/h1-2,5-14,20H,3-4,15-18H2,(H,30,34)/t20-/m1/s1. The molecule has 2 heterocycles. The molecule has 0 saturated carbocycles. The Labute approximate surface area is 212 Å². The number of imidazole rings is 1. The average molecular weight is 538 g/mol. The topological polar surface area (TPSA) is 50.2 Å². The Morgan fingerprint density at radius 3 is 2.62 bits per heavy atom. The van der Waals surface area contributed by atoms with Crippen molar-refractivity contribution < 1.29 is 4.79 Å². The number of rotatable bonds is 6. The predicted octanol–water partition coefficient (Wildman–Crippen LogP) is 5.97. The van der Waals surface area contributed by atoms with Crippen molar-refractivity contribution in [3.05, 3.63) is 93.7 Å². The molecule has 1 fully saturated rings. The Morgan fingerprint density at radius 2 is 1.82 bits per heavy atom. The first-order chi connectivity index (χ1) is 16.6. The molecule has 5 rings (SSSR count). The van der Waals surface area contributed by atoms with E-state index in [0.29, 0.717) is 18.1 Å². The third-order valence-electron chi connectivity index (χ3n) is 6.34. The van der Waals surface area contributed by atoms with Gasteiger partial charge in [-0.25, -0.2) is 4.98 Å². The predicted molar refractivity (Wildman–Crippen MR) is 140 cm³/mol. The number of nitrogens with one attached hydrogen (secondary N) is 1. The van der Waals surface area contributed by atoms with E-state index in [9.17, 15) is 4.79 Å². The highest BCUT2D eigenvalue weighted by Crippen LogP contribution is 2.26. The lowest BCUT2D eigenvalue weighted by Gasteiger charge is -2.31. The number of carbonyl (C=O) groups excluding carboxylic acids is 1.